The number of nitrogens with zero attached hydrogens (tertiary/aromatic N) is 1. The van der Waals surface area contributed by atoms with Crippen LogP contribution in [-0.2, 0) is 4.79 Å². The minimum absolute atomic E-state index is 0.225. The third-order valence-electron chi connectivity index (χ3n) is 4.65. The third-order valence-corrected chi connectivity index (χ3v) is 4.65. The third kappa shape index (κ3) is 3.56. The Labute approximate surface area is 158 Å². The number of anilines is 1. The Hall–Kier alpha value is -3.15. The fourth-order valence-electron chi connectivity index (χ4n) is 3.27. The van der Waals surface area contributed by atoms with Gasteiger partial charge in [0, 0.05) is 47.2 Å². The van der Waals surface area contributed by atoms with Crippen molar-refractivity contribution in [1.29, 1.82) is 0 Å². The van der Waals surface area contributed by atoms with Gasteiger partial charge >= 0.3 is 0 Å². The van der Waals surface area contributed by atoms with Crippen molar-refractivity contribution in [1.82, 2.24) is 10.2 Å². The van der Waals surface area contributed by atoms with Gasteiger partial charge in [-0.3, -0.25) is 19.3 Å². The summed E-state index contributed by atoms with van der Waals surface area (Å²) in [5, 5.41) is 7.49. The van der Waals surface area contributed by atoms with Gasteiger partial charge in [-0.2, -0.15) is 0 Å². The lowest BCUT2D eigenvalue weighted by Crippen LogP contribution is -2.40. The smallest absolute Gasteiger partial charge is 0.261 e. The summed E-state index contributed by atoms with van der Waals surface area (Å²) in [6, 6.07) is 9.12. The molecule has 0 aromatic heterocycles. The Kier molecular flexibility index (Phi) is 5.54. The van der Waals surface area contributed by atoms with E-state index in [1.54, 1.807) is 12.1 Å². The number of nitrogens with one attached hydrogen (secondary N) is 2. The normalized spacial score (nSPS) is 13.0. The van der Waals surface area contributed by atoms with Gasteiger partial charge in [0.25, 0.3) is 11.8 Å². The standard InChI is InChI=1S/C21H23N3O3/c1-3-5-13-24-20(26)15-8-6-7-14-17(22-11-12-23-18(25)4-2)10-9-16(19(14)15)21(24)27/h4,6-10,22H,2-3,5,11-13H2,1H3,(H,23,25). The minimum atomic E-state index is -0.234. The van der Waals surface area contributed by atoms with Crippen molar-refractivity contribution < 1.29 is 14.4 Å². The second kappa shape index (κ2) is 8.03. The molecule has 2 aromatic carbocycles. The molecule has 0 atom stereocenters. The molecular weight excluding hydrogens is 342 g/mol. The maximum atomic E-state index is 12.8. The molecule has 3 amide bonds. The molecule has 0 unspecified atom stereocenters. The van der Waals surface area contributed by atoms with E-state index in [9.17, 15) is 14.4 Å². The summed E-state index contributed by atoms with van der Waals surface area (Å²) in [4.78, 5) is 38.2. The molecule has 3 rings (SSSR count). The lowest BCUT2D eigenvalue weighted by atomic mass is 9.93. The summed E-state index contributed by atoms with van der Waals surface area (Å²) < 4.78 is 0. The molecule has 0 aliphatic carbocycles. The van der Waals surface area contributed by atoms with E-state index in [1.165, 1.54) is 11.0 Å². The van der Waals surface area contributed by atoms with Gasteiger partial charge in [0.1, 0.15) is 0 Å². The maximum Gasteiger partial charge on any atom is 0.261 e. The molecule has 27 heavy (non-hydrogen) atoms. The first kappa shape index (κ1) is 18.6. The second-order valence-corrected chi connectivity index (χ2v) is 6.43. The quantitative estimate of drug-likeness (QED) is 0.428. The van der Waals surface area contributed by atoms with Gasteiger partial charge in [-0.15, -0.1) is 0 Å². The van der Waals surface area contributed by atoms with Crippen LogP contribution in [0.5, 0.6) is 0 Å². The van der Waals surface area contributed by atoms with Gasteiger partial charge in [0.05, 0.1) is 0 Å². The Balaban J connectivity index is 1.90. The molecule has 1 heterocycles. The van der Waals surface area contributed by atoms with Crippen molar-refractivity contribution >= 4 is 34.2 Å². The van der Waals surface area contributed by atoms with Crippen molar-refractivity contribution in [2.24, 2.45) is 0 Å². The van der Waals surface area contributed by atoms with Crippen LogP contribution in [0.4, 0.5) is 5.69 Å². The number of rotatable bonds is 8. The fourth-order valence-corrected chi connectivity index (χ4v) is 3.27. The zero-order chi connectivity index (χ0) is 19.4. The highest BCUT2D eigenvalue weighted by molar-refractivity contribution is 6.26. The number of carbonyl (C=O) groups is 3. The highest BCUT2D eigenvalue weighted by atomic mass is 16.2. The van der Waals surface area contributed by atoms with Crippen LogP contribution in [0.2, 0.25) is 0 Å². The van der Waals surface area contributed by atoms with Crippen LogP contribution >= 0.6 is 0 Å². The molecule has 0 saturated carbocycles. The largest absolute Gasteiger partial charge is 0.383 e. The zero-order valence-corrected chi connectivity index (χ0v) is 15.4. The summed E-state index contributed by atoms with van der Waals surface area (Å²) in [6.07, 6.45) is 2.93. The summed E-state index contributed by atoms with van der Waals surface area (Å²) in [5.74, 6) is -0.694. The molecule has 1 aliphatic rings. The van der Waals surface area contributed by atoms with Crippen LogP contribution in [0.25, 0.3) is 10.8 Å². The second-order valence-electron chi connectivity index (χ2n) is 6.43. The van der Waals surface area contributed by atoms with Crippen LogP contribution in [0.3, 0.4) is 0 Å². The average Bonchev–Trinajstić information content (AvgIpc) is 2.69. The molecule has 1 aliphatic heterocycles. The Morgan fingerprint density at radius 3 is 2.56 bits per heavy atom. The molecule has 140 valence electrons. The van der Waals surface area contributed by atoms with E-state index >= 15 is 0 Å². The molecule has 0 radical (unpaired) electrons. The number of unbranched alkanes of at least 4 members (excludes halogenated alkanes) is 1. The van der Waals surface area contributed by atoms with Gasteiger partial charge in [-0.05, 0) is 30.7 Å². The van der Waals surface area contributed by atoms with Gasteiger partial charge in [-0.1, -0.05) is 32.1 Å². The highest BCUT2D eigenvalue weighted by Gasteiger charge is 2.32. The SMILES string of the molecule is C=CC(=O)NCCNc1ccc2c3c(cccc13)C(=O)N(CCCC)C2=O. The van der Waals surface area contributed by atoms with Gasteiger partial charge in [0.2, 0.25) is 5.91 Å². The molecule has 6 heteroatoms. The lowest BCUT2D eigenvalue weighted by Gasteiger charge is -2.27. The van der Waals surface area contributed by atoms with E-state index in [0.29, 0.717) is 36.1 Å². The predicted molar refractivity (Wildman–Crippen MR) is 106 cm³/mol. The number of imide groups is 1. The molecule has 0 saturated heterocycles. The molecule has 0 fully saturated rings. The molecule has 0 spiro atoms. The fraction of sp³-hybridized carbons (Fsp3) is 0.286. The van der Waals surface area contributed by atoms with Crippen molar-refractivity contribution in [2.45, 2.75) is 19.8 Å². The zero-order valence-electron chi connectivity index (χ0n) is 15.4. The van der Waals surface area contributed by atoms with E-state index in [2.05, 4.69) is 17.2 Å². The van der Waals surface area contributed by atoms with Crippen LogP contribution in [-0.4, -0.2) is 42.3 Å². The number of carbonyl (C=O) groups excluding carboxylic acids is 3. The Bertz CT molecular complexity index is 898. The Morgan fingerprint density at radius 1 is 1.11 bits per heavy atom. The van der Waals surface area contributed by atoms with E-state index in [-0.39, 0.29) is 17.7 Å². The van der Waals surface area contributed by atoms with Crippen LogP contribution in [0, 0.1) is 0 Å². The summed E-state index contributed by atoms with van der Waals surface area (Å²) in [5.41, 5.74) is 1.94. The van der Waals surface area contributed by atoms with Crippen molar-refractivity contribution in [3.05, 3.63) is 54.1 Å². The maximum absolute atomic E-state index is 12.8. The lowest BCUT2D eigenvalue weighted by molar-refractivity contribution is -0.116. The monoisotopic (exact) mass is 365 g/mol. The first-order valence-electron chi connectivity index (χ1n) is 9.14. The molecule has 6 nitrogen and oxygen atoms in total. The van der Waals surface area contributed by atoms with Gasteiger partial charge in [-0.25, -0.2) is 0 Å². The van der Waals surface area contributed by atoms with Crippen LogP contribution in [0.15, 0.2) is 43.0 Å². The number of amides is 3. The first-order chi connectivity index (χ1) is 13.1. The van der Waals surface area contributed by atoms with E-state index in [0.717, 1.165) is 23.9 Å². The highest BCUT2D eigenvalue weighted by Crippen LogP contribution is 2.34. The molecular formula is C21H23N3O3. The van der Waals surface area contributed by atoms with E-state index in [1.807, 2.05) is 25.1 Å². The number of hydrogen-bond acceptors (Lipinski definition) is 4. The van der Waals surface area contributed by atoms with Crippen molar-refractivity contribution in [3.63, 3.8) is 0 Å². The van der Waals surface area contributed by atoms with Gasteiger partial charge < -0.3 is 10.6 Å². The average molecular weight is 365 g/mol. The molecule has 2 aromatic rings. The van der Waals surface area contributed by atoms with E-state index in [4.69, 9.17) is 0 Å². The van der Waals surface area contributed by atoms with Crippen LogP contribution in [0.1, 0.15) is 40.5 Å². The minimum Gasteiger partial charge on any atom is -0.383 e. The summed E-state index contributed by atoms with van der Waals surface area (Å²) >= 11 is 0. The Morgan fingerprint density at radius 2 is 1.85 bits per heavy atom. The number of benzene rings is 2. The van der Waals surface area contributed by atoms with Crippen LogP contribution < -0.4 is 10.6 Å². The van der Waals surface area contributed by atoms with Crippen molar-refractivity contribution in [2.75, 3.05) is 25.0 Å². The summed E-state index contributed by atoms with van der Waals surface area (Å²) in [7, 11) is 0. The van der Waals surface area contributed by atoms with Crippen molar-refractivity contribution in [3.8, 4) is 0 Å². The predicted octanol–water partition coefficient (Wildman–Crippen LogP) is 2.95. The van der Waals surface area contributed by atoms with Gasteiger partial charge in [0.15, 0.2) is 0 Å². The molecule has 0 bridgehead atoms. The summed E-state index contributed by atoms with van der Waals surface area (Å²) in [6.45, 7) is 6.84. The number of hydrogen-bond donors (Lipinski definition) is 2. The van der Waals surface area contributed by atoms with E-state index < -0.39 is 0 Å². The molecule has 2 N–H and O–H groups in total. The topological polar surface area (TPSA) is 78.5 Å². The first-order valence-corrected chi connectivity index (χ1v) is 9.14.